The summed E-state index contributed by atoms with van der Waals surface area (Å²) in [6.07, 6.45) is 6.25. The Kier molecular flexibility index (Phi) is 10.1. The third-order valence-electron chi connectivity index (χ3n) is 4.60. The fourth-order valence-electron chi connectivity index (χ4n) is 3.13. The largest absolute Gasteiger partial charge is 0.466 e. The highest BCUT2D eigenvalue weighted by Gasteiger charge is 2.24. The number of unbranched alkanes of at least 4 members (excludes halogenated alkanes) is 4. The SMILES string of the molecule is CCOC(=O)CCCCCCCC(CC(=O)c1cccs1)C(=O)c1cccs1. The van der Waals surface area contributed by atoms with E-state index in [2.05, 4.69) is 0 Å². The van der Waals surface area contributed by atoms with Crippen molar-refractivity contribution in [3.8, 4) is 0 Å². The molecule has 0 saturated carbocycles. The van der Waals surface area contributed by atoms with E-state index in [4.69, 9.17) is 4.74 Å². The lowest BCUT2D eigenvalue weighted by atomic mass is 9.90. The summed E-state index contributed by atoms with van der Waals surface area (Å²) in [5.41, 5.74) is 0. The molecular weight excluding hydrogens is 392 g/mol. The Labute approximate surface area is 174 Å². The highest BCUT2D eigenvalue weighted by molar-refractivity contribution is 7.12. The molecule has 0 aliphatic heterocycles. The molecular formula is C22H28O4S2. The van der Waals surface area contributed by atoms with E-state index in [1.165, 1.54) is 22.7 Å². The first kappa shape index (κ1) is 22.5. The lowest BCUT2D eigenvalue weighted by molar-refractivity contribution is -0.143. The standard InChI is InChI=1S/C22H28O4S2/c1-2-26-21(24)13-7-5-3-4-6-10-17(22(25)20-12-9-15-28-20)16-18(23)19-11-8-14-27-19/h8-9,11-12,14-15,17H,2-7,10,13,16H2,1H3. The van der Waals surface area contributed by atoms with E-state index >= 15 is 0 Å². The van der Waals surface area contributed by atoms with Gasteiger partial charge in [-0.2, -0.15) is 0 Å². The van der Waals surface area contributed by atoms with Gasteiger partial charge in [-0.05, 0) is 42.7 Å². The molecule has 0 saturated heterocycles. The summed E-state index contributed by atoms with van der Waals surface area (Å²) in [4.78, 5) is 38.1. The molecule has 2 aromatic rings. The average Bonchev–Trinajstić information content (AvgIpc) is 3.39. The van der Waals surface area contributed by atoms with Crippen LogP contribution in [0.4, 0.5) is 0 Å². The van der Waals surface area contributed by atoms with Crippen LogP contribution >= 0.6 is 22.7 Å². The third-order valence-corrected chi connectivity index (χ3v) is 6.40. The van der Waals surface area contributed by atoms with Crippen LogP contribution in [0.25, 0.3) is 0 Å². The Balaban J connectivity index is 1.77. The van der Waals surface area contributed by atoms with Gasteiger partial charge in [-0.3, -0.25) is 14.4 Å². The molecule has 1 unspecified atom stereocenters. The molecule has 0 aromatic carbocycles. The van der Waals surface area contributed by atoms with Gasteiger partial charge in [0.25, 0.3) is 0 Å². The van der Waals surface area contributed by atoms with Gasteiger partial charge < -0.3 is 4.74 Å². The van der Waals surface area contributed by atoms with Crippen molar-refractivity contribution in [3.63, 3.8) is 0 Å². The molecule has 1 atom stereocenters. The van der Waals surface area contributed by atoms with Gasteiger partial charge in [-0.1, -0.05) is 37.8 Å². The summed E-state index contributed by atoms with van der Waals surface area (Å²) in [6, 6.07) is 7.40. The first-order valence-corrected chi connectivity index (χ1v) is 11.7. The van der Waals surface area contributed by atoms with Gasteiger partial charge in [0.2, 0.25) is 0 Å². The fourth-order valence-corrected chi connectivity index (χ4v) is 4.55. The van der Waals surface area contributed by atoms with E-state index in [-0.39, 0.29) is 29.9 Å². The zero-order chi connectivity index (χ0) is 20.2. The Morgan fingerprint density at radius 1 is 0.929 bits per heavy atom. The topological polar surface area (TPSA) is 60.4 Å². The van der Waals surface area contributed by atoms with Crippen molar-refractivity contribution in [2.75, 3.05) is 6.61 Å². The minimum atomic E-state index is -0.257. The van der Waals surface area contributed by atoms with Crippen LogP contribution < -0.4 is 0 Å². The second kappa shape index (κ2) is 12.6. The smallest absolute Gasteiger partial charge is 0.305 e. The number of ketones is 2. The summed E-state index contributed by atoms with van der Waals surface area (Å²) in [6.45, 7) is 2.25. The van der Waals surface area contributed by atoms with E-state index in [1.807, 2.05) is 41.9 Å². The number of thiophene rings is 2. The van der Waals surface area contributed by atoms with Crippen molar-refractivity contribution >= 4 is 40.2 Å². The molecule has 4 nitrogen and oxygen atoms in total. The van der Waals surface area contributed by atoms with E-state index in [0.717, 1.165) is 48.3 Å². The van der Waals surface area contributed by atoms with Crippen LogP contribution in [-0.4, -0.2) is 24.1 Å². The molecule has 0 radical (unpaired) electrons. The summed E-state index contributed by atoms with van der Waals surface area (Å²) in [7, 11) is 0. The number of carbonyl (C=O) groups excluding carboxylic acids is 3. The van der Waals surface area contributed by atoms with E-state index in [1.54, 1.807) is 0 Å². The molecule has 28 heavy (non-hydrogen) atoms. The highest BCUT2D eigenvalue weighted by Crippen LogP contribution is 2.25. The van der Waals surface area contributed by atoms with Gasteiger partial charge >= 0.3 is 5.97 Å². The van der Waals surface area contributed by atoms with Crippen LogP contribution in [0.2, 0.25) is 0 Å². The second-order valence-corrected chi connectivity index (χ2v) is 8.65. The van der Waals surface area contributed by atoms with Crippen LogP contribution in [0.3, 0.4) is 0 Å². The maximum atomic E-state index is 12.8. The Morgan fingerprint density at radius 2 is 1.57 bits per heavy atom. The van der Waals surface area contributed by atoms with Gasteiger partial charge in [-0.15, -0.1) is 22.7 Å². The van der Waals surface area contributed by atoms with Gasteiger partial charge in [0.15, 0.2) is 11.6 Å². The molecule has 0 aliphatic carbocycles. The van der Waals surface area contributed by atoms with Gasteiger partial charge in [0.05, 0.1) is 16.4 Å². The monoisotopic (exact) mass is 420 g/mol. The van der Waals surface area contributed by atoms with Crippen LogP contribution in [0.5, 0.6) is 0 Å². The molecule has 0 bridgehead atoms. The van der Waals surface area contributed by atoms with E-state index in [9.17, 15) is 14.4 Å². The molecule has 0 spiro atoms. The summed E-state index contributed by atoms with van der Waals surface area (Å²) >= 11 is 2.87. The van der Waals surface area contributed by atoms with Gasteiger partial charge in [0, 0.05) is 18.8 Å². The minimum absolute atomic E-state index is 0.0549. The Bertz CT molecular complexity index is 720. The van der Waals surface area contributed by atoms with E-state index in [0.29, 0.717) is 13.0 Å². The van der Waals surface area contributed by atoms with Gasteiger partial charge in [0.1, 0.15) is 0 Å². The zero-order valence-electron chi connectivity index (χ0n) is 16.4. The lowest BCUT2D eigenvalue weighted by Crippen LogP contribution is -2.18. The highest BCUT2D eigenvalue weighted by atomic mass is 32.1. The number of esters is 1. The Hall–Kier alpha value is -1.79. The number of ether oxygens (including phenoxy) is 1. The molecule has 6 heteroatoms. The average molecular weight is 421 g/mol. The van der Waals surface area contributed by atoms with Crippen molar-refractivity contribution in [1.82, 2.24) is 0 Å². The first-order chi connectivity index (χ1) is 13.6. The third kappa shape index (κ3) is 7.68. The van der Waals surface area contributed by atoms with Crippen molar-refractivity contribution in [2.24, 2.45) is 5.92 Å². The predicted octanol–water partition coefficient (Wildman–Crippen LogP) is 6.18. The zero-order valence-corrected chi connectivity index (χ0v) is 18.0. The van der Waals surface area contributed by atoms with Crippen molar-refractivity contribution < 1.29 is 19.1 Å². The van der Waals surface area contributed by atoms with Crippen LogP contribution in [0.15, 0.2) is 35.0 Å². The van der Waals surface area contributed by atoms with Crippen molar-refractivity contribution in [1.29, 1.82) is 0 Å². The summed E-state index contributed by atoms with van der Waals surface area (Å²) in [5, 5.41) is 3.79. The minimum Gasteiger partial charge on any atom is -0.466 e. The molecule has 0 fully saturated rings. The molecule has 0 aliphatic rings. The quantitative estimate of drug-likeness (QED) is 0.208. The van der Waals surface area contributed by atoms with Crippen molar-refractivity contribution in [3.05, 3.63) is 44.8 Å². The number of hydrogen-bond acceptors (Lipinski definition) is 6. The maximum Gasteiger partial charge on any atom is 0.305 e. The van der Waals surface area contributed by atoms with E-state index < -0.39 is 0 Å². The van der Waals surface area contributed by atoms with Gasteiger partial charge in [-0.25, -0.2) is 0 Å². The predicted molar refractivity (Wildman–Crippen MR) is 114 cm³/mol. The van der Waals surface area contributed by atoms with Crippen molar-refractivity contribution in [2.45, 2.75) is 58.3 Å². The number of carbonyl (C=O) groups is 3. The molecule has 2 rings (SSSR count). The fraction of sp³-hybridized carbons (Fsp3) is 0.500. The maximum absolute atomic E-state index is 12.8. The molecule has 0 amide bonds. The lowest BCUT2D eigenvalue weighted by Gasteiger charge is -2.14. The van der Waals surface area contributed by atoms with Crippen LogP contribution in [0, 0.1) is 5.92 Å². The summed E-state index contributed by atoms with van der Waals surface area (Å²) < 4.78 is 4.92. The second-order valence-electron chi connectivity index (χ2n) is 6.75. The Morgan fingerprint density at radius 3 is 2.21 bits per heavy atom. The summed E-state index contributed by atoms with van der Waals surface area (Å²) in [5.74, 6) is -0.245. The molecule has 152 valence electrons. The molecule has 0 N–H and O–H groups in total. The number of Topliss-reactive ketones (excluding diaryl/α,β-unsaturated/α-hetero) is 2. The van der Waals surface area contributed by atoms with Crippen LogP contribution in [0.1, 0.15) is 77.6 Å². The van der Waals surface area contributed by atoms with Crippen LogP contribution in [-0.2, 0) is 9.53 Å². The molecule has 2 heterocycles. The normalized spacial score (nSPS) is 11.9. The number of hydrogen-bond donors (Lipinski definition) is 0. The molecule has 2 aromatic heterocycles. The number of rotatable bonds is 14. The first-order valence-electron chi connectivity index (χ1n) is 9.91.